The van der Waals surface area contributed by atoms with Crippen molar-refractivity contribution in [2.24, 2.45) is 4.99 Å². The van der Waals surface area contributed by atoms with Crippen molar-refractivity contribution in [1.82, 2.24) is 4.98 Å². The van der Waals surface area contributed by atoms with E-state index in [9.17, 15) is 9.50 Å². The van der Waals surface area contributed by atoms with E-state index in [-0.39, 0.29) is 17.0 Å². The first kappa shape index (κ1) is 29.4. The second-order valence-corrected chi connectivity index (χ2v) is 13.0. The van der Waals surface area contributed by atoms with E-state index in [4.69, 9.17) is 18.8 Å². The Morgan fingerprint density at radius 1 is 0.688 bits per heavy atom. The van der Waals surface area contributed by atoms with E-state index in [1.54, 1.807) is 24.4 Å². The first-order valence-electron chi connectivity index (χ1n) is 15.8. The van der Waals surface area contributed by atoms with Crippen LogP contribution in [0.1, 0.15) is 31.9 Å². The molecule has 48 heavy (non-hydrogen) atoms. The van der Waals surface area contributed by atoms with Crippen LogP contribution in [-0.4, -0.2) is 16.3 Å². The minimum atomic E-state index is -0.301. The number of fused-ring (bicyclic) bond motifs is 4. The SMILES string of the molecule is CC(C)(C)c1ccc(O)c(C=Nc2ccccc2-c2nc3c(-c4cccc5c4oc4ccccc45)cc(-c4ccc(F)cc4)cc3o2)c1. The highest BCUT2D eigenvalue weighted by Crippen LogP contribution is 2.42. The maximum absolute atomic E-state index is 13.9. The van der Waals surface area contributed by atoms with E-state index in [2.05, 4.69) is 39.0 Å². The molecule has 0 spiro atoms. The number of oxazole rings is 1. The van der Waals surface area contributed by atoms with E-state index >= 15 is 0 Å². The lowest BCUT2D eigenvalue weighted by Crippen LogP contribution is -2.11. The fraction of sp³-hybridized carbons (Fsp3) is 0.0952. The van der Waals surface area contributed by atoms with Gasteiger partial charge in [0.1, 0.15) is 28.2 Å². The third-order valence-electron chi connectivity index (χ3n) is 8.74. The molecular formula is C42H31FN2O3. The van der Waals surface area contributed by atoms with Crippen LogP contribution in [0.15, 0.2) is 135 Å². The van der Waals surface area contributed by atoms with Gasteiger partial charge in [0.05, 0.1) is 11.3 Å². The van der Waals surface area contributed by atoms with Crippen molar-refractivity contribution in [3.8, 4) is 39.5 Å². The zero-order valence-electron chi connectivity index (χ0n) is 26.7. The van der Waals surface area contributed by atoms with Crippen LogP contribution < -0.4 is 0 Å². The highest BCUT2D eigenvalue weighted by molar-refractivity contribution is 6.12. The van der Waals surface area contributed by atoms with Gasteiger partial charge in [0.15, 0.2) is 5.58 Å². The molecule has 0 aliphatic heterocycles. The van der Waals surface area contributed by atoms with Gasteiger partial charge in [-0.3, -0.25) is 4.99 Å². The van der Waals surface area contributed by atoms with Crippen LogP contribution in [0.4, 0.5) is 10.1 Å². The summed E-state index contributed by atoms with van der Waals surface area (Å²) in [6.07, 6.45) is 1.67. The number of rotatable bonds is 5. The summed E-state index contributed by atoms with van der Waals surface area (Å²) in [6.45, 7) is 6.40. The minimum Gasteiger partial charge on any atom is -0.507 e. The van der Waals surface area contributed by atoms with Crippen LogP contribution in [0.5, 0.6) is 5.75 Å². The summed E-state index contributed by atoms with van der Waals surface area (Å²) >= 11 is 0. The summed E-state index contributed by atoms with van der Waals surface area (Å²) in [6, 6.07) is 37.7. The van der Waals surface area contributed by atoms with Crippen LogP contribution in [0.25, 0.3) is 66.7 Å². The molecule has 0 unspecified atom stereocenters. The Hall–Kier alpha value is -6.01. The summed E-state index contributed by atoms with van der Waals surface area (Å²) in [5.74, 6) is 0.258. The van der Waals surface area contributed by atoms with Crippen LogP contribution in [-0.2, 0) is 5.41 Å². The molecule has 6 aromatic carbocycles. The van der Waals surface area contributed by atoms with Crippen LogP contribution in [0.2, 0.25) is 0 Å². The molecule has 6 heteroatoms. The highest BCUT2D eigenvalue weighted by atomic mass is 19.1. The van der Waals surface area contributed by atoms with Crippen LogP contribution in [0, 0.1) is 5.82 Å². The van der Waals surface area contributed by atoms with Crippen molar-refractivity contribution >= 4 is 44.9 Å². The largest absolute Gasteiger partial charge is 0.507 e. The Bertz CT molecular complexity index is 2520. The van der Waals surface area contributed by atoms with E-state index in [1.165, 1.54) is 12.1 Å². The molecule has 8 aromatic rings. The number of aromatic hydroxyl groups is 1. The van der Waals surface area contributed by atoms with Crippen molar-refractivity contribution in [1.29, 1.82) is 0 Å². The number of phenols is 1. The van der Waals surface area contributed by atoms with Crippen LogP contribution >= 0.6 is 0 Å². The van der Waals surface area contributed by atoms with Crippen molar-refractivity contribution in [2.45, 2.75) is 26.2 Å². The van der Waals surface area contributed by atoms with Crippen molar-refractivity contribution < 1.29 is 18.3 Å². The molecule has 1 N–H and O–H groups in total. The molecule has 234 valence electrons. The number of phenolic OH excluding ortho intramolecular Hbond substituents is 1. The highest BCUT2D eigenvalue weighted by Gasteiger charge is 2.21. The number of nitrogens with zero attached hydrogens (tertiary/aromatic N) is 2. The number of hydrogen-bond donors (Lipinski definition) is 1. The number of aromatic nitrogens is 1. The number of benzene rings is 6. The summed E-state index contributed by atoms with van der Waals surface area (Å²) < 4.78 is 26.8. The average Bonchev–Trinajstić information content (AvgIpc) is 3.69. The number of para-hydroxylation sites is 3. The van der Waals surface area contributed by atoms with Gasteiger partial charge in [-0.05, 0) is 76.7 Å². The van der Waals surface area contributed by atoms with Gasteiger partial charge >= 0.3 is 0 Å². The van der Waals surface area contributed by atoms with Gasteiger partial charge in [0.25, 0.3) is 0 Å². The smallest absolute Gasteiger partial charge is 0.229 e. The fourth-order valence-electron chi connectivity index (χ4n) is 6.15. The van der Waals surface area contributed by atoms with Crippen molar-refractivity contribution in [2.75, 3.05) is 0 Å². The molecule has 8 rings (SSSR count). The molecule has 0 saturated carbocycles. The molecule has 2 aromatic heterocycles. The lowest BCUT2D eigenvalue weighted by atomic mass is 9.86. The van der Waals surface area contributed by atoms with Gasteiger partial charge in [-0.1, -0.05) is 87.5 Å². The molecule has 0 saturated heterocycles. The third-order valence-corrected chi connectivity index (χ3v) is 8.74. The molecular weight excluding hydrogens is 599 g/mol. The first-order chi connectivity index (χ1) is 23.2. The van der Waals surface area contributed by atoms with Gasteiger partial charge in [0, 0.05) is 33.7 Å². The topological polar surface area (TPSA) is 71.8 Å². The van der Waals surface area contributed by atoms with Crippen molar-refractivity contribution in [3.63, 3.8) is 0 Å². The van der Waals surface area contributed by atoms with E-state index in [1.807, 2.05) is 72.8 Å². The predicted molar refractivity (Wildman–Crippen MR) is 192 cm³/mol. The minimum absolute atomic E-state index is 0.0798. The van der Waals surface area contributed by atoms with Gasteiger partial charge in [-0.25, -0.2) is 9.37 Å². The zero-order chi connectivity index (χ0) is 33.0. The molecule has 0 atom stereocenters. The van der Waals surface area contributed by atoms with E-state index in [0.717, 1.165) is 49.8 Å². The number of halogens is 1. The Morgan fingerprint density at radius 2 is 1.44 bits per heavy atom. The lowest BCUT2D eigenvalue weighted by molar-refractivity contribution is 0.473. The Labute approximate surface area is 276 Å². The Morgan fingerprint density at radius 3 is 2.27 bits per heavy atom. The summed E-state index contributed by atoms with van der Waals surface area (Å²) in [5, 5.41) is 12.6. The van der Waals surface area contributed by atoms with Crippen molar-refractivity contribution in [3.05, 3.63) is 138 Å². The zero-order valence-corrected chi connectivity index (χ0v) is 26.7. The van der Waals surface area contributed by atoms with E-state index < -0.39 is 0 Å². The summed E-state index contributed by atoms with van der Waals surface area (Å²) in [7, 11) is 0. The third kappa shape index (κ3) is 5.21. The number of furan rings is 1. The molecule has 5 nitrogen and oxygen atoms in total. The average molecular weight is 631 g/mol. The Balaban J connectivity index is 1.31. The Kier molecular flexibility index (Phi) is 6.95. The standard InChI is InChI=1S/C42H31FN2O3/c1-42(2,3)28-17-20-36(46)27(21-28)24-44-35-13-6-4-10-33(35)41-45-39-34(22-26(23-38(39)48-41)25-15-18-29(43)19-16-25)32-12-8-11-31-30-9-5-7-14-37(30)47-40(31)32/h4-24,46H,1-3H3. The molecule has 0 aliphatic carbocycles. The molecule has 0 radical (unpaired) electrons. The second kappa shape index (κ2) is 11.4. The van der Waals surface area contributed by atoms with Gasteiger partial charge < -0.3 is 13.9 Å². The van der Waals surface area contributed by atoms with Crippen LogP contribution in [0.3, 0.4) is 0 Å². The fourth-order valence-corrected chi connectivity index (χ4v) is 6.15. The molecule has 0 fully saturated rings. The van der Waals surface area contributed by atoms with Gasteiger partial charge in [-0.2, -0.15) is 0 Å². The second-order valence-electron chi connectivity index (χ2n) is 13.0. The molecule has 0 aliphatic rings. The first-order valence-corrected chi connectivity index (χ1v) is 15.8. The maximum atomic E-state index is 13.9. The monoisotopic (exact) mass is 630 g/mol. The normalized spacial score (nSPS) is 12.2. The summed E-state index contributed by atoms with van der Waals surface area (Å²) in [5.41, 5.74) is 9.18. The predicted octanol–water partition coefficient (Wildman–Crippen LogP) is 11.6. The molecule has 2 heterocycles. The quantitative estimate of drug-likeness (QED) is 0.192. The molecule has 0 bridgehead atoms. The van der Waals surface area contributed by atoms with Gasteiger partial charge in [-0.15, -0.1) is 0 Å². The van der Waals surface area contributed by atoms with E-state index in [0.29, 0.717) is 33.8 Å². The number of aliphatic imine (C=N–C) groups is 1. The van der Waals surface area contributed by atoms with Gasteiger partial charge in [0.2, 0.25) is 5.89 Å². The number of hydrogen-bond acceptors (Lipinski definition) is 5. The maximum Gasteiger partial charge on any atom is 0.229 e. The lowest BCUT2D eigenvalue weighted by Gasteiger charge is -2.19. The summed E-state index contributed by atoms with van der Waals surface area (Å²) in [4.78, 5) is 9.85. The molecule has 0 amide bonds.